The average Bonchev–Trinajstić information content (AvgIpc) is 2.68. The van der Waals surface area contributed by atoms with Gasteiger partial charge < -0.3 is 18.3 Å². The summed E-state index contributed by atoms with van der Waals surface area (Å²) in [5.74, 6) is 0.722. The first kappa shape index (κ1) is 21.8. The third-order valence-corrected chi connectivity index (χ3v) is 5.19. The maximum Gasteiger partial charge on any atom is 0.648 e. The zero-order valence-corrected chi connectivity index (χ0v) is 18.2. The molecule has 0 saturated heterocycles. The van der Waals surface area contributed by atoms with Gasteiger partial charge in [-0.05, 0) is 64.0 Å². The van der Waals surface area contributed by atoms with Crippen molar-refractivity contribution in [1.29, 1.82) is 0 Å². The Balaban J connectivity index is 1.86. The topological polar surface area (TPSA) is 74.3 Å². The molecule has 30 heavy (non-hydrogen) atoms. The fraction of sp³-hybridized carbons (Fsp3) is 0.318. The Bertz CT molecular complexity index is 878. The molecule has 0 N–H and O–H groups in total. The highest BCUT2D eigenvalue weighted by atomic mass is 31.2. The van der Waals surface area contributed by atoms with E-state index in [2.05, 4.69) is 0 Å². The number of carbonyl (C=O) groups is 1. The fourth-order valence-corrected chi connectivity index (χ4v) is 3.95. The van der Waals surface area contributed by atoms with Gasteiger partial charge in [-0.2, -0.15) is 4.57 Å². The predicted molar refractivity (Wildman–Crippen MR) is 113 cm³/mol. The van der Waals surface area contributed by atoms with E-state index in [0.717, 1.165) is 6.42 Å². The number of phosphoric ester groups is 1. The summed E-state index contributed by atoms with van der Waals surface area (Å²) >= 11 is 0. The molecule has 0 unspecified atom stereocenters. The van der Waals surface area contributed by atoms with E-state index in [4.69, 9.17) is 18.3 Å². The summed E-state index contributed by atoms with van der Waals surface area (Å²) in [4.78, 5) is 13.9. The van der Waals surface area contributed by atoms with E-state index < -0.39 is 19.5 Å². The van der Waals surface area contributed by atoms with Crippen molar-refractivity contribution in [1.82, 2.24) is 4.90 Å². The van der Waals surface area contributed by atoms with Crippen molar-refractivity contribution in [2.45, 2.75) is 39.2 Å². The van der Waals surface area contributed by atoms with Crippen LogP contribution in [0.3, 0.4) is 0 Å². The van der Waals surface area contributed by atoms with Crippen LogP contribution >= 0.6 is 7.82 Å². The summed E-state index contributed by atoms with van der Waals surface area (Å²) < 4.78 is 36.0. The van der Waals surface area contributed by atoms with Crippen LogP contribution in [0.1, 0.15) is 33.6 Å². The quantitative estimate of drug-likeness (QED) is 0.512. The van der Waals surface area contributed by atoms with Crippen molar-refractivity contribution in [2.75, 3.05) is 6.54 Å². The zero-order chi connectivity index (χ0) is 21.6. The van der Waals surface area contributed by atoms with Gasteiger partial charge >= 0.3 is 13.9 Å². The number of hydrogen-bond acceptors (Lipinski definition) is 6. The monoisotopic (exact) mass is 431 g/mol. The SMILES string of the molecule is CC(C)(C)OC(=O)N1CCCC=C1OP(=O)(Oc1ccccc1)Oc1ccccc1. The number of carbonyl (C=O) groups excluding carboxylic acids is 1. The van der Waals surface area contributed by atoms with E-state index in [-0.39, 0.29) is 5.88 Å². The summed E-state index contributed by atoms with van der Waals surface area (Å²) in [7, 11) is -4.18. The number of para-hydroxylation sites is 2. The summed E-state index contributed by atoms with van der Waals surface area (Å²) in [5, 5.41) is 0. The van der Waals surface area contributed by atoms with Crippen molar-refractivity contribution in [3.63, 3.8) is 0 Å². The molecule has 3 rings (SSSR count). The first-order valence-electron chi connectivity index (χ1n) is 9.74. The molecule has 1 amide bonds. The Kier molecular flexibility index (Phi) is 6.73. The number of allylic oxidation sites excluding steroid dienone is 1. The Morgan fingerprint density at radius 3 is 1.93 bits per heavy atom. The van der Waals surface area contributed by atoms with Crippen LogP contribution in [0.4, 0.5) is 4.79 Å². The van der Waals surface area contributed by atoms with Crippen molar-refractivity contribution in [2.24, 2.45) is 0 Å². The van der Waals surface area contributed by atoms with Crippen LogP contribution in [0, 0.1) is 0 Å². The highest BCUT2D eigenvalue weighted by molar-refractivity contribution is 7.49. The van der Waals surface area contributed by atoms with Gasteiger partial charge in [0.1, 0.15) is 17.1 Å². The second-order valence-corrected chi connectivity index (χ2v) is 9.11. The average molecular weight is 431 g/mol. The van der Waals surface area contributed by atoms with E-state index >= 15 is 0 Å². The molecule has 160 valence electrons. The summed E-state index contributed by atoms with van der Waals surface area (Å²) in [6.07, 6.45) is 2.49. The lowest BCUT2D eigenvalue weighted by Gasteiger charge is -2.31. The van der Waals surface area contributed by atoms with Gasteiger partial charge in [0, 0.05) is 6.54 Å². The Morgan fingerprint density at radius 2 is 1.43 bits per heavy atom. The molecule has 1 heterocycles. The Morgan fingerprint density at radius 1 is 0.900 bits per heavy atom. The van der Waals surface area contributed by atoms with E-state index in [1.807, 2.05) is 12.1 Å². The molecule has 1 aliphatic heterocycles. The summed E-state index contributed by atoms with van der Waals surface area (Å²) in [5.41, 5.74) is -0.676. The lowest BCUT2D eigenvalue weighted by Crippen LogP contribution is -2.38. The fourth-order valence-electron chi connectivity index (χ4n) is 2.67. The minimum Gasteiger partial charge on any atom is -0.443 e. The molecule has 8 heteroatoms. The zero-order valence-electron chi connectivity index (χ0n) is 17.3. The molecule has 1 aliphatic rings. The first-order chi connectivity index (χ1) is 14.2. The predicted octanol–water partition coefficient (Wildman–Crippen LogP) is 6.14. The summed E-state index contributed by atoms with van der Waals surface area (Å²) in [6.45, 7) is 5.71. The molecule has 0 aromatic heterocycles. The molecule has 0 aliphatic carbocycles. The number of ether oxygens (including phenoxy) is 1. The lowest BCUT2D eigenvalue weighted by molar-refractivity contribution is 0.0213. The maximum absolute atomic E-state index is 13.6. The van der Waals surface area contributed by atoms with Gasteiger partial charge in [0.15, 0.2) is 0 Å². The molecule has 0 radical (unpaired) electrons. The van der Waals surface area contributed by atoms with Crippen LogP contribution in [0.15, 0.2) is 72.6 Å². The van der Waals surface area contributed by atoms with Crippen molar-refractivity contribution >= 4 is 13.9 Å². The molecule has 0 saturated carbocycles. The molecule has 0 fully saturated rings. The van der Waals surface area contributed by atoms with E-state index in [1.54, 1.807) is 75.4 Å². The molecular formula is C22H26NO6P. The van der Waals surface area contributed by atoms with E-state index in [0.29, 0.717) is 24.5 Å². The number of amides is 1. The molecule has 0 bridgehead atoms. The minimum absolute atomic E-state index is 0.0886. The van der Waals surface area contributed by atoms with Gasteiger partial charge in [-0.3, -0.25) is 0 Å². The summed E-state index contributed by atoms with van der Waals surface area (Å²) in [6, 6.07) is 17.2. The second-order valence-electron chi connectivity index (χ2n) is 7.66. The molecule has 2 aromatic carbocycles. The molecule has 2 aromatic rings. The smallest absolute Gasteiger partial charge is 0.443 e. The van der Waals surface area contributed by atoms with Gasteiger partial charge in [-0.15, -0.1) is 0 Å². The number of nitrogens with zero attached hydrogens (tertiary/aromatic N) is 1. The van der Waals surface area contributed by atoms with Crippen LogP contribution in [0.5, 0.6) is 11.5 Å². The highest BCUT2D eigenvalue weighted by Crippen LogP contribution is 2.52. The molecule has 0 spiro atoms. The maximum atomic E-state index is 13.6. The van der Waals surface area contributed by atoms with Gasteiger partial charge in [0.2, 0.25) is 5.88 Å². The number of benzene rings is 2. The standard InChI is InChI=1S/C22H26NO6P/c1-22(2,3)26-21(24)23-17-11-10-16-20(23)29-30(25,27-18-12-6-4-7-13-18)28-19-14-8-5-9-15-19/h4-9,12-16H,10-11,17H2,1-3H3. The normalized spacial score (nSPS) is 14.5. The van der Waals surface area contributed by atoms with Crippen LogP contribution in [-0.4, -0.2) is 23.1 Å². The number of rotatable bonds is 6. The van der Waals surface area contributed by atoms with Gasteiger partial charge in [-0.25, -0.2) is 9.69 Å². The Hall–Kier alpha value is -2.92. The molecular weight excluding hydrogens is 405 g/mol. The third-order valence-electron chi connectivity index (χ3n) is 3.91. The largest absolute Gasteiger partial charge is 0.648 e. The van der Waals surface area contributed by atoms with Crippen LogP contribution in [0.2, 0.25) is 0 Å². The van der Waals surface area contributed by atoms with Crippen molar-refractivity contribution in [3.8, 4) is 11.5 Å². The van der Waals surface area contributed by atoms with Crippen molar-refractivity contribution in [3.05, 3.63) is 72.6 Å². The molecule has 7 nitrogen and oxygen atoms in total. The van der Waals surface area contributed by atoms with Crippen LogP contribution in [0.25, 0.3) is 0 Å². The lowest BCUT2D eigenvalue weighted by atomic mass is 10.2. The first-order valence-corrected chi connectivity index (χ1v) is 11.2. The molecule has 0 atom stereocenters. The number of phosphoric acid groups is 1. The second kappa shape index (κ2) is 9.26. The number of hydrogen-bond donors (Lipinski definition) is 0. The van der Waals surface area contributed by atoms with Crippen LogP contribution in [-0.2, 0) is 13.8 Å². The van der Waals surface area contributed by atoms with Gasteiger partial charge in [0.25, 0.3) is 0 Å². The van der Waals surface area contributed by atoms with Gasteiger partial charge in [-0.1, -0.05) is 36.4 Å². The van der Waals surface area contributed by atoms with Crippen LogP contribution < -0.4 is 9.05 Å². The third kappa shape index (κ3) is 6.29. The highest BCUT2D eigenvalue weighted by Gasteiger charge is 2.38. The minimum atomic E-state index is -4.18. The van der Waals surface area contributed by atoms with Crippen molar-refractivity contribution < 1.29 is 27.7 Å². The van der Waals surface area contributed by atoms with E-state index in [1.165, 1.54) is 4.90 Å². The Labute approximate surface area is 176 Å². The van der Waals surface area contributed by atoms with E-state index in [9.17, 15) is 9.36 Å². The van der Waals surface area contributed by atoms with Gasteiger partial charge in [0.05, 0.1) is 0 Å².